The van der Waals surface area contributed by atoms with Gasteiger partial charge in [0.15, 0.2) is 5.78 Å². The zero-order valence-electron chi connectivity index (χ0n) is 8.76. The van der Waals surface area contributed by atoms with Crippen LogP contribution in [0.3, 0.4) is 0 Å². The number of carbonyl (C=O) groups excluding carboxylic acids is 1. The Hall–Kier alpha value is -0.850. The molecule has 0 atom stereocenters. The first-order valence-electron chi connectivity index (χ1n) is 4.87. The van der Waals surface area contributed by atoms with Crippen LogP contribution in [0.5, 0.6) is 0 Å². The maximum Gasteiger partial charge on any atom is 0.152 e. The molecule has 0 aliphatic heterocycles. The molecular formula is C12H18O. The first kappa shape index (κ1) is 10.2. The van der Waals surface area contributed by atoms with E-state index in [4.69, 9.17) is 0 Å². The maximum absolute atomic E-state index is 10.7. The second-order valence-corrected chi connectivity index (χ2v) is 4.60. The van der Waals surface area contributed by atoms with Gasteiger partial charge in [0, 0.05) is 0 Å². The molecule has 1 aliphatic carbocycles. The zero-order valence-corrected chi connectivity index (χ0v) is 8.76. The topological polar surface area (TPSA) is 17.1 Å². The average Bonchev–Trinajstić information content (AvgIpc) is 1.99. The Morgan fingerprint density at radius 3 is 2.77 bits per heavy atom. The number of rotatable bonds is 2. The van der Waals surface area contributed by atoms with Crippen molar-refractivity contribution in [3.05, 3.63) is 23.8 Å². The Morgan fingerprint density at radius 2 is 2.23 bits per heavy atom. The Morgan fingerprint density at radius 1 is 1.54 bits per heavy atom. The van der Waals surface area contributed by atoms with Crippen LogP contribution < -0.4 is 0 Å². The Balaban J connectivity index is 2.62. The monoisotopic (exact) mass is 178 g/mol. The summed E-state index contributed by atoms with van der Waals surface area (Å²) in [5.74, 6) is 0.129. The Bertz CT molecular complexity index is 256. The summed E-state index contributed by atoms with van der Waals surface area (Å²) in [6.07, 6.45) is 9.35. The molecule has 0 N–H and O–H groups in total. The van der Waals surface area contributed by atoms with Crippen molar-refractivity contribution in [1.29, 1.82) is 0 Å². The third-order valence-corrected chi connectivity index (χ3v) is 2.44. The smallest absolute Gasteiger partial charge is 0.152 e. The Labute approximate surface area is 80.5 Å². The van der Waals surface area contributed by atoms with Gasteiger partial charge in [0.05, 0.1) is 0 Å². The lowest BCUT2D eigenvalue weighted by molar-refractivity contribution is -0.112. The van der Waals surface area contributed by atoms with Crippen LogP contribution in [0, 0.1) is 5.41 Å². The predicted molar refractivity (Wildman–Crippen MR) is 55.5 cm³/mol. The van der Waals surface area contributed by atoms with Crippen molar-refractivity contribution in [3.63, 3.8) is 0 Å². The largest absolute Gasteiger partial charge is 0.295 e. The molecule has 0 saturated carbocycles. The molecule has 1 aliphatic rings. The van der Waals surface area contributed by atoms with Gasteiger partial charge < -0.3 is 0 Å². The molecule has 1 heteroatoms. The van der Waals surface area contributed by atoms with Gasteiger partial charge in [-0.25, -0.2) is 0 Å². The highest BCUT2D eigenvalue weighted by molar-refractivity contribution is 5.87. The fraction of sp³-hybridized carbons (Fsp3) is 0.583. The van der Waals surface area contributed by atoms with Crippen LogP contribution in [0.25, 0.3) is 0 Å². The highest BCUT2D eigenvalue weighted by Crippen LogP contribution is 2.35. The number of carbonyl (C=O) groups is 1. The number of allylic oxidation sites excluding steroid dienone is 4. The number of hydrogen-bond acceptors (Lipinski definition) is 1. The summed E-state index contributed by atoms with van der Waals surface area (Å²) in [6.45, 7) is 6.15. The van der Waals surface area contributed by atoms with Gasteiger partial charge in [0.1, 0.15) is 0 Å². The normalized spacial score (nSPS) is 21.6. The third kappa shape index (κ3) is 3.58. The predicted octanol–water partition coefficient (Wildman–Crippen LogP) is 3.27. The van der Waals surface area contributed by atoms with Gasteiger partial charge in [-0.3, -0.25) is 4.79 Å². The number of ketones is 1. The van der Waals surface area contributed by atoms with Crippen molar-refractivity contribution in [2.45, 2.75) is 40.0 Å². The van der Waals surface area contributed by atoms with Crippen LogP contribution in [0.2, 0.25) is 0 Å². The molecule has 0 fully saturated rings. The first-order valence-corrected chi connectivity index (χ1v) is 4.87. The van der Waals surface area contributed by atoms with E-state index < -0.39 is 0 Å². The molecule has 0 heterocycles. The SMILES string of the molecule is CC(=O)/C=C/C1=CCCC(C)(C)C1. The van der Waals surface area contributed by atoms with Gasteiger partial charge in [-0.15, -0.1) is 0 Å². The van der Waals surface area contributed by atoms with Crippen molar-refractivity contribution in [3.8, 4) is 0 Å². The van der Waals surface area contributed by atoms with Gasteiger partial charge in [-0.2, -0.15) is 0 Å². The minimum absolute atomic E-state index is 0.129. The third-order valence-electron chi connectivity index (χ3n) is 2.44. The van der Waals surface area contributed by atoms with E-state index in [1.165, 1.54) is 12.0 Å². The summed E-state index contributed by atoms with van der Waals surface area (Å²) in [6, 6.07) is 0. The summed E-state index contributed by atoms with van der Waals surface area (Å²) < 4.78 is 0. The summed E-state index contributed by atoms with van der Waals surface area (Å²) in [4.78, 5) is 10.7. The van der Waals surface area contributed by atoms with E-state index in [1.807, 2.05) is 6.08 Å². The molecule has 0 aromatic heterocycles. The second-order valence-electron chi connectivity index (χ2n) is 4.60. The molecule has 1 rings (SSSR count). The van der Waals surface area contributed by atoms with Crippen molar-refractivity contribution in [2.75, 3.05) is 0 Å². The van der Waals surface area contributed by atoms with Crippen molar-refractivity contribution >= 4 is 5.78 Å². The lowest BCUT2D eigenvalue weighted by atomic mass is 9.77. The van der Waals surface area contributed by atoms with Crippen LogP contribution in [0.15, 0.2) is 23.8 Å². The lowest BCUT2D eigenvalue weighted by Crippen LogP contribution is -2.14. The quantitative estimate of drug-likeness (QED) is 0.593. The van der Waals surface area contributed by atoms with Gasteiger partial charge in [-0.05, 0) is 37.7 Å². The molecular weight excluding hydrogens is 160 g/mol. The summed E-state index contributed by atoms with van der Waals surface area (Å²) in [5.41, 5.74) is 1.72. The molecule has 0 saturated heterocycles. The molecule has 0 radical (unpaired) electrons. The number of hydrogen-bond donors (Lipinski definition) is 0. The standard InChI is InChI=1S/C12H18O/c1-10(13)6-7-11-5-4-8-12(2,3)9-11/h5-7H,4,8-9H2,1-3H3/b7-6+. The summed E-state index contributed by atoms with van der Waals surface area (Å²) in [5, 5.41) is 0. The molecule has 0 spiro atoms. The molecule has 0 amide bonds. The van der Waals surface area contributed by atoms with Crippen molar-refractivity contribution in [2.24, 2.45) is 5.41 Å². The van der Waals surface area contributed by atoms with Crippen molar-refractivity contribution < 1.29 is 4.79 Å². The fourth-order valence-corrected chi connectivity index (χ4v) is 1.71. The highest BCUT2D eigenvalue weighted by atomic mass is 16.1. The summed E-state index contributed by atoms with van der Waals surface area (Å²) >= 11 is 0. The molecule has 0 unspecified atom stereocenters. The van der Waals surface area contributed by atoms with E-state index in [-0.39, 0.29) is 5.78 Å². The van der Waals surface area contributed by atoms with Gasteiger partial charge in [0.2, 0.25) is 0 Å². The zero-order chi connectivity index (χ0) is 9.90. The van der Waals surface area contributed by atoms with E-state index in [0.29, 0.717) is 5.41 Å². The van der Waals surface area contributed by atoms with Gasteiger partial charge in [0.25, 0.3) is 0 Å². The molecule has 1 nitrogen and oxygen atoms in total. The molecule has 0 aromatic carbocycles. The van der Waals surface area contributed by atoms with Crippen LogP contribution in [-0.2, 0) is 4.79 Å². The molecule has 72 valence electrons. The van der Waals surface area contributed by atoms with Crippen LogP contribution in [0.4, 0.5) is 0 Å². The van der Waals surface area contributed by atoms with Gasteiger partial charge >= 0.3 is 0 Å². The fourth-order valence-electron chi connectivity index (χ4n) is 1.71. The molecule has 0 aromatic rings. The first-order chi connectivity index (χ1) is 5.99. The van der Waals surface area contributed by atoms with Crippen LogP contribution in [0.1, 0.15) is 40.0 Å². The Kier molecular flexibility index (Phi) is 3.07. The average molecular weight is 178 g/mol. The van der Waals surface area contributed by atoms with Crippen molar-refractivity contribution in [1.82, 2.24) is 0 Å². The van der Waals surface area contributed by atoms with Crippen LogP contribution in [-0.4, -0.2) is 5.78 Å². The van der Waals surface area contributed by atoms with E-state index in [9.17, 15) is 4.79 Å². The highest BCUT2D eigenvalue weighted by Gasteiger charge is 2.21. The van der Waals surface area contributed by atoms with E-state index in [2.05, 4.69) is 19.9 Å². The second kappa shape index (κ2) is 3.91. The molecule has 13 heavy (non-hydrogen) atoms. The van der Waals surface area contributed by atoms with E-state index in [0.717, 1.165) is 12.8 Å². The van der Waals surface area contributed by atoms with Gasteiger partial charge in [-0.1, -0.05) is 31.6 Å². The maximum atomic E-state index is 10.7. The summed E-state index contributed by atoms with van der Waals surface area (Å²) in [7, 11) is 0. The van der Waals surface area contributed by atoms with E-state index >= 15 is 0 Å². The molecule has 0 bridgehead atoms. The lowest BCUT2D eigenvalue weighted by Gasteiger charge is -2.28. The van der Waals surface area contributed by atoms with E-state index in [1.54, 1.807) is 13.0 Å². The minimum atomic E-state index is 0.129. The van der Waals surface area contributed by atoms with Crippen LogP contribution >= 0.6 is 0 Å². The minimum Gasteiger partial charge on any atom is -0.295 e.